The summed E-state index contributed by atoms with van der Waals surface area (Å²) in [5.74, 6) is 1.80. The van der Waals surface area contributed by atoms with Gasteiger partial charge in [0.1, 0.15) is 5.75 Å². The molecule has 1 spiro atoms. The van der Waals surface area contributed by atoms with E-state index in [1.807, 2.05) is 0 Å². The van der Waals surface area contributed by atoms with Crippen molar-refractivity contribution in [3.63, 3.8) is 0 Å². The van der Waals surface area contributed by atoms with Crippen LogP contribution in [0.25, 0.3) is 10.1 Å². The Kier molecular flexibility index (Phi) is 3.25. The van der Waals surface area contributed by atoms with Crippen molar-refractivity contribution in [1.82, 2.24) is 10.2 Å². The number of thiophene rings is 1. The molecule has 1 amide bonds. The molecule has 5 heteroatoms. The van der Waals surface area contributed by atoms with Crippen LogP contribution in [0.2, 0.25) is 0 Å². The number of hydrogen-bond donors (Lipinski definition) is 1. The Balaban J connectivity index is 1.31. The van der Waals surface area contributed by atoms with E-state index in [1.165, 1.54) is 54.4 Å². The lowest BCUT2D eigenvalue weighted by molar-refractivity contribution is -0.00138. The monoisotopic (exact) mass is 368 g/mol. The molecule has 1 aromatic carbocycles. The van der Waals surface area contributed by atoms with Crippen molar-refractivity contribution in [2.75, 3.05) is 19.7 Å². The molecule has 26 heavy (non-hydrogen) atoms. The maximum atomic E-state index is 13.1. The van der Waals surface area contributed by atoms with Gasteiger partial charge in [-0.2, -0.15) is 0 Å². The molecule has 1 atom stereocenters. The highest BCUT2D eigenvalue weighted by Crippen LogP contribution is 2.53. The fraction of sp³-hybridized carbons (Fsp3) is 0.571. The number of benzene rings is 1. The number of hydrogen-bond acceptors (Lipinski definition) is 4. The highest BCUT2D eigenvalue weighted by molar-refractivity contribution is 7.21. The van der Waals surface area contributed by atoms with Crippen molar-refractivity contribution in [2.24, 2.45) is 5.92 Å². The van der Waals surface area contributed by atoms with Crippen LogP contribution in [0.3, 0.4) is 0 Å². The molecule has 1 saturated carbocycles. The van der Waals surface area contributed by atoms with E-state index in [-0.39, 0.29) is 5.91 Å². The zero-order valence-corrected chi connectivity index (χ0v) is 15.7. The number of ether oxygens (including phenoxy) is 1. The molecule has 4 nitrogen and oxygen atoms in total. The number of rotatable bonds is 2. The molecule has 5 aliphatic rings. The molecule has 7 rings (SSSR count). The first-order valence-electron chi connectivity index (χ1n) is 9.99. The zero-order valence-electron chi connectivity index (χ0n) is 14.9. The van der Waals surface area contributed by atoms with Crippen molar-refractivity contribution in [2.45, 2.75) is 50.1 Å². The highest BCUT2D eigenvalue weighted by Gasteiger charge is 2.60. The molecule has 0 radical (unpaired) electrons. The molecule has 1 aliphatic carbocycles. The third-order valence-corrected chi connectivity index (χ3v) is 8.28. The number of carbonyl (C=O) groups is 1. The van der Waals surface area contributed by atoms with Crippen molar-refractivity contribution in [1.29, 1.82) is 0 Å². The van der Waals surface area contributed by atoms with Crippen LogP contribution in [0, 0.1) is 5.92 Å². The van der Waals surface area contributed by atoms with Crippen LogP contribution in [-0.2, 0) is 6.42 Å². The summed E-state index contributed by atoms with van der Waals surface area (Å²) in [6, 6.07) is 6.59. The fourth-order valence-corrected chi connectivity index (χ4v) is 6.72. The lowest BCUT2D eigenvalue weighted by Gasteiger charge is -2.52. The van der Waals surface area contributed by atoms with E-state index in [2.05, 4.69) is 28.4 Å². The summed E-state index contributed by atoms with van der Waals surface area (Å²) < 4.78 is 7.03. The number of piperidine rings is 3. The topological polar surface area (TPSA) is 41.6 Å². The molecule has 2 bridgehead atoms. The second kappa shape index (κ2) is 5.46. The Morgan fingerprint density at radius 3 is 2.92 bits per heavy atom. The smallest absolute Gasteiger partial charge is 0.261 e. The lowest BCUT2D eigenvalue weighted by atomic mass is 9.77. The van der Waals surface area contributed by atoms with Gasteiger partial charge in [-0.15, -0.1) is 11.3 Å². The van der Waals surface area contributed by atoms with Gasteiger partial charge in [0, 0.05) is 15.8 Å². The third-order valence-electron chi connectivity index (χ3n) is 7.07. The number of nitrogens with zero attached hydrogens (tertiary/aromatic N) is 1. The van der Waals surface area contributed by atoms with Gasteiger partial charge in [-0.1, -0.05) is 0 Å². The Morgan fingerprint density at radius 2 is 2.12 bits per heavy atom. The molecule has 1 aromatic heterocycles. The van der Waals surface area contributed by atoms with Gasteiger partial charge in [-0.3, -0.25) is 9.69 Å². The summed E-state index contributed by atoms with van der Waals surface area (Å²) in [4.78, 5) is 16.6. The van der Waals surface area contributed by atoms with E-state index in [4.69, 9.17) is 4.74 Å². The van der Waals surface area contributed by atoms with Gasteiger partial charge in [0.25, 0.3) is 5.91 Å². The molecule has 136 valence electrons. The molecule has 3 saturated heterocycles. The molecular formula is C21H24N2O2S. The first-order valence-corrected chi connectivity index (χ1v) is 10.8. The molecule has 4 fully saturated rings. The minimum absolute atomic E-state index is 0.127. The van der Waals surface area contributed by atoms with Crippen molar-refractivity contribution < 1.29 is 9.53 Å². The van der Waals surface area contributed by atoms with Gasteiger partial charge in [0.05, 0.1) is 17.5 Å². The minimum atomic E-state index is 0.127. The molecule has 1 N–H and O–H groups in total. The standard InChI is InChI=1S/C21H24N2O2S/c24-20(22-19-13-5-9-23(10-6-13)21(19)7-8-21)17-12-14-3-4-16-15(18(14)26-17)2-1-11-25-16/h3-4,12-13,19H,1-2,5-11H2,(H,22,24)/t19-/m0/s1. The average molecular weight is 369 g/mol. The van der Waals surface area contributed by atoms with Crippen LogP contribution in [0.5, 0.6) is 5.75 Å². The zero-order chi connectivity index (χ0) is 17.3. The van der Waals surface area contributed by atoms with Crippen LogP contribution < -0.4 is 10.1 Å². The minimum Gasteiger partial charge on any atom is -0.493 e. The first kappa shape index (κ1) is 15.5. The van der Waals surface area contributed by atoms with Gasteiger partial charge in [0.2, 0.25) is 0 Å². The van der Waals surface area contributed by atoms with E-state index < -0.39 is 0 Å². The number of aryl methyl sites for hydroxylation is 1. The van der Waals surface area contributed by atoms with Crippen LogP contribution in [0.4, 0.5) is 0 Å². The largest absolute Gasteiger partial charge is 0.493 e. The van der Waals surface area contributed by atoms with E-state index in [9.17, 15) is 4.79 Å². The van der Waals surface area contributed by atoms with Gasteiger partial charge in [-0.25, -0.2) is 0 Å². The van der Waals surface area contributed by atoms with Gasteiger partial charge >= 0.3 is 0 Å². The summed E-state index contributed by atoms with van der Waals surface area (Å²) in [5, 5.41) is 4.64. The number of fused-ring (bicyclic) bond motifs is 5. The van der Waals surface area contributed by atoms with Crippen LogP contribution in [0.1, 0.15) is 47.3 Å². The molecule has 4 aliphatic heterocycles. The Bertz CT molecular complexity index is 893. The fourth-order valence-electron chi connectivity index (χ4n) is 5.59. The predicted octanol–water partition coefficient (Wildman–Crippen LogP) is 3.58. The van der Waals surface area contributed by atoms with Crippen molar-refractivity contribution in [3.8, 4) is 5.75 Å². The van der Waals surface area contributed by atoms with Gasteiger partial charge < -0.3 is 10.1 Å². The Morgan fingerprint density at radius 1 is 1.27 bits per heavy atom. The SMILES string of the molecule is O=C(N[C@H]1C2CCN(CC2)C12CC2)c1cc2ccc3c(c2s1)CCCO3. The number of carbonyl (C=O) groups excluding carboxylic acids is 1. The van der Waals surface area contributed by atoms with Crippen LogP contribution in [-0.4, -0.2) is 42.1 Å². The summed E-state index contributed by atoms with van der Waals surface area (Å²) in [6.45, 7) is 3.26. The van der Waals surface area contributed by atoms with Gasteiger partial charge in [0.15, 0.2) is 0 Å². The Hall–Kier alpha value is -1.59. The Labute approximate surface area is 157 Å². The first-order chi connectivity index (χ1) is 12.7. The maximum Gasteiger partial charge on any atom is 0.261 e. The van der Waals surface area contributed by atoms with Crippen molar-refractivity contribution in [3.05, 3.63) is 28.6 Å². The quantitative estimate of drug-likeness (QED) is 0.881. The number of nitrogens with one attached hydrogen (secondary N) is 1. The predicted molar refractivity (Wildman–Crippen MR) is 103 cm³/mol. The van der Waals surface area contributed by atoms with Crippen LogP contribution in [0.15, 0.2) is 18.2 Å². The summed E-state index contributed by atoms with van der Waals surface area (Å²) >= 11 is 1.64. The van der Waals surface area contributed by atoms with E-state index in [0.717, 1.165) is 30.1 Å². The molecule has 2 aromatic rings. The molecule has 5 heterocycles. The van der Waals surface area contributed by atoms with E-state index >= 15 is 0 Å². The number of amides is 1. The van der Waals surface area contributed by atoms with Crippen LogP contribution >= 0.6 is 11.3 Å². The van der Waals surface area contributed by atoms with E-state index in [0.29, 0.717) is 17.5 Å². The average Bonchev–Trinajstić information content (AvgIpc) is 3.33. The third kappa shape index (κ3) is 2.13. The normalized spacial score (nSPS) is 30.8. The van der Waals surface area contributed by atoms with Gasteiger partial charge in [-0.05, 0) is 81.1 Å². The van der Waals surface area contributed by atoms with E-state index in [1.54, 1.807) is 11.3 Å². The van der Waals surface area contributed by atoms with Crippen molar-refractivity contribution >= 4 is 27.3 Å². The molecule has 0 unspecified atom stereocenters. The highest BCUT2D eigenvalue weighted by atomic mass is 32.1. The maximum absolute atomic E-state index is 13.1. The summed E-state index contributed by atoms with van der Waals surface area (Å²) in [5.41, 5.74) is 1.58. The second-order valence-electron chi connectivity index (χ2n) is 8.40. The lowest BCUT2D eigenvalue weighted by Crippen LogP contribution is -2.65. The summed E-state index contributed by atoms with van der Waals surface area (Å²) in [7, 11) is 0. The second-order valence-corrected chi connectivity index (χ2v) is 9.45. The summed E-state index contributed by atoms with van der Waals surface area (Å²) in [6.07, 6.45) is 7.11. The molecular weight excluding hydrogens is 344 g/mol.